The first-order valence-electron chi connectivity index (χ1n) is 5.98. The van der Waals surface area contributed by atoms with Gasteiger partial charge in [-0.2, -0.15) is 0 Å². The van der Waals surface area contributed by atoms with Crippen molar-refractivity contribution in [3.8, 4) is 0 Å². The van der Waals surface area contributed by atoms with E-state index in [1.165, 1.54) is 0 Å². The lowest BCUT2D eigenvalue weighted by Crippen LogP contribution is -2.64. The summed E-state index contributed by atoms with van der Waals surface area (Å²) in [5.41, 5.74) is 0. The highest BCUT2D eigenvalue weighted by atomic mass is 16.7. The number of ether oxygens (including phenoxy) is 2. The van der Waals surface area contributed by atoms with Gasteiger partial charge in [0.15, 0.2) is 5.79 Å². The zero-order valence-electron chi connectivity index (χ0n) is 11.1. The standard InChI is InChI=1S/C12H23NO4/c1-9(2)5-10(11(14)15)6-13-7-12(8-13,16-3)17-4/h9-10H,5-8H2,1-4H3,(H,14,15). The molecule has 1 aliphatic rings. The van der Waals surface area contributed by atoms with Crippen molar-refractivity contribution in [1.29, 1.82) is 0 Å². The van der Waals surface area contributed by atoms with Gasteiger partial charge in [0.2, 0.25) is 0 Å². The predicted molar refractivity (Wildman–Crippen MR) is 63.8 cm³/mol. The first-order valence-corrected chi connectivity index (χ1v) is 5.98. The molecule has 100 valence electrons. The van der Waals surface area contributed by atoms with Gasteiger partial charge in [0.25, 0.3) is 0 Å². The van der Waals surface area contributed by atoms with E-state index in [9.17, 15) is 4.79 Å². The summed E-state index contributed by atoms with van der Waals surface area (Å²) in [6.45, 7) is 5.94. The highest BCUT2D eigenvalue weighted by molar-refractivity contribution is 5.70. The van der Waals surface area contributed by atoms with E-state index in [0.29, 0.717) is 32.0 Å². The number of rotatable bonds is 7. The minimum absolute atomic E-state index is 0.304. The molecule has 1 aliphatic heterocycles. The summed E-state index contributed by atoms with van der Waals surface area (Å²) >= 11 is 0. The second-order valence-corrected chi connectivity index (χ2v) is 5.15. The quantitative estimate of drug-likeness (QED) is 0.679. The Kier molecular flexibility index (Phi) is 4.91. The Balaban J connectivity index is 2.41. The number of methoxy groups -OCH3 is 2. The number of hydrogen-bond donors (Lipinski definition) is 1. The highest BCUT2D eigenvalue weighted by Crippen LogP contribution is 2.27. The van der Waals surface area contributed by atoms with Crippen LogP contribution in [-0.2, 0) is 14.3 Å². The minimum atomic E-state index is -0.717. The van der Waals surface area contributed by atoms with E-state index < -0.39 is 11.8 Å². The number of carbonyl (C=O) groups is 1. The van der Waals surface area contributed by atoms with E-state index in [-0.39, 0.29) is 5.92 Å². The van der Waals surface area contributed by atoms with Crippen molar-refractivity contribution in [3.63, 3.8) is 0 Å². The molecule has 0 bridgehead atoms. The highest BCUT2D eigenvalue weighted by Gasteiger charge is 2.44. The molecular weight excluding hydrogens is 222 g/mol. The van der Waals surface area contributed by atoms with Gasteiger partial charge in [0.1, 0.15) is 0 Å². The first kappa shape index (κ1) is 14.4. The summed E-state index contributed by atoms with van der Waals surface area (Å²) < 4.78 is 10.5. The molecule has 0 aromatic carbocycles. The average molecular weight is 245 g/mol. The number of likely N-dealkylation sites (tertiary alicyclic amines) is 1. The monoisotopic (exact) mass is 245 g/mol. The Morgan fingerprint density at radius 3 is 2.24 bits per heavy atom. The zero-order valence-corrected chi connectivity index (χ0v) is 11.1. The van der Waals surface area contributed by atoms with Crippen LogP contribution < -0.4 is 0 Å². The van der Waals surface area contributed by atoms with Gasteiger partial charge < -0.3 is 14.6 Å². The molecule has 0 amide bonds. The maximum Gasteiger partial charge on any atom is 0.307 e. The normalized spacial score (nSPS) is 21.2. The molecule has 0 spiro atoms. The van der Waals surface area contributed by atoms with Crippen LogP contribution in [0.3, 0.4) is 0 Å². The van der Waals surface area contributed by atoms with E-state index in [1.54, 1.807) is 14.2 Å². The summed E-state index contributed by atoms with van der Waals surface area (Å²) in [5, 5.41) is 9.15. The van der Waals surface area contributed by atoms with Crippen LogP contribution in [-0.4, -0.2) is 55.6 Å². The van der Waals surface area contributed by atoms with Gasteiger partial charge in [-0.1, -0.05) is 13.8 Å². The third kappa shape index (κ3) is 3.66. The second-order valence-electron chi connectivity index (χ2n) is 5.15. The van der Waals surface area contributed by atoms with Gasteiger partial charge in [-0.3, -0.25) is 9.69 Å². The van der Waals surface area contributed by atoms with Crippen molar-refractivity contribution < 1.29 is 19.4 Å². The van der Waals surface area contributed by atoms with E-state index in [4.69, 9.17) is 14.6 Å². The van der Waals surface area contributed by atoms with Crippen molar-refractivity contribution in [2.24, 2.45) is 11.8 Å². The van der Waals surface area contributed by atoms with Crippen LogP contribution in [0.15, 0.2) is 0 Å². The first-order chi connectivity index (χ1) is 7.92. The topological polar surface area (TPSA) is 59.0 Å². The van der Waals surface area contributed by atoms with Crippen molar-refractivity contribution in [2.45, 2.75) is 26.1 Å². The molecular formula is C12H23NO4. The molecule has 1 N–H and O–H groups in total. The van der Waals surface area contributed by atoms with Crippen LogP contribution in [0.25, 0.3) is 0 Å². The molecule has 1 unspecified atom stereocenters. The van der Waals surface area contributed by atoms with Crippen molar-refractivity contribution in [2.75, 3.05) is 33.9 Å². The fourth-order valence-electron chi connectivity index (χ4n) is 2.24. The van der Waals surface area contributed by atoms with Crippen LogP contribution in [0.1, 0.15) is 20.3 Å². The summed E-state index contributed by atoms with van der Waals surface area (Å²) in [5.74, 6) is -1.15. The summed E-state index contributed by atoms with van der Waals surface area (Å²) in [4.78, 5) is 13.2. The van der Waals surface area contributed by atoms with Gasteiger partial charge in [0.05, 0.1) is 19.0 Å². The third-order valence-corrected chi connectivity index (χ3v) is 3.26. The zero-order chi connectivity index (χ0) is 13.1. The summed E-state index contributed by atoms with van der Waals surface area (Å²) in [6.07, 6.45) is 0.707. The second kappa shape index (κ2) is 5.80. The van der Waals surface area contributed by atoms with E-state index in [2.05, 4.69) is 4.90 Å². The van der Waals surface area contributed by atoms with Crippen molar-refractivity contribution >= 4 is 5.97 Å². The molecule has 5 nitrogen and oxygen atoms in total. The smallest absolute Gasteiger partial charge is 0.307 e. The van der Waals surface area contributed by atoms with E-state index >= 15 is 0 Å². The number of carboxylic acid groups (broad SMARTS) is 1. The molecule has 0 saturated carbocycles. The van der Waals surface area contributed by atoms with Gasteiger partial charge in [-0.25, -0.2) is 0 Å². The molecule has 1 fully saturated rings. The van der Waals surface area contributed by atoms with Gasteiger partial charge >= 0.3 is 5.97 Å². The fraction of sp³-hybridized carbons (Fsp3) is 0.917. The lowest BCUT2D eigenvalue weighted by atomic mass is 9.94. The Bertz CT molecular complexity index is 255. The van der Waals surface area contributed by atoms with Gasteiger partial charge in [-0.15, -0.1) is 0 Å². The molecule has 1 rings (SSSR count). The number of nitrogens with zero attached hydrogens (tertiary/aromatic N) is 1. The van der Waals surface area contributed by atoms with E-state index in [1.807, 2.05) is 13.8 Å². The lowest BCUT2D eigenvalue weighted by molar-refractivity contribution is -0.276. The van der Waals surface area contributed by atoms with Crippen LogP contribution >= 0.6 is 0 Å². The molecule has 0 aromatic rings. The van der Waals surface area contributed by atoms with Gasteiger partial charge in [0, 0.05) is 20.8 Å². The summed E-state index contributed by atoms with van der Waals surface area (Å²) in [6, 6.07) is 0. The van der Waals surface area contributed by atoms with Crippen LogP contribution in [0, 0.1) is 11.8 Å². The molecule has 1 saturated heterocycles. The number of aliphatic carboxylic acids is 1. The molecule has 0 radical (unpaired) electrons. The Morgan fingerprint density at radius 1 is 1.35 bits per heavy atom. The predicted octanol–water partition coefficient (Wildman–Crippen LogP) is 1.04. The molecule has 1 atom stereocenters. The molecule has 17 heavy (non-hydrogen) atoms. The van der Waals surface area contributed by atoms with E-state index in [0.717, 1.165) is 0 Å². The Labute approximate surface area is 103 Å². The maximum atomic E-state index is 11.1. The minimum Gasteiger partial charge on any atom is -0.481 e. The summed E-state index contributed by atoms with van der Waals surface area (Å²) in [7, 11) is 3.23. The van der Waals surface area contributed by atoms with Crippen molar-refractivity contribution in [3.05, 3.63) is 0 Å². The molecule has 5 heteroatoms. The van der Waals surface area contributed by atoms with Crippen molar-refractivity contribution in [1.82, 2.24) is 4.90 Å². The van der Waals surface area contributed by atoms with Crippen LogP contribution in [0.2, 0.25) is 0 Å². The maximum absolute atomic E-state index is 11.1. The Morgan fingerprint density at radius 2 is 1.88 bits per heavy atom. The third-order valence-electron chi connectivity index (χ3n) is 3.26. The number of hydrogen-bond acceptors (Lipinski definition) is 4. The number of carboxylic acids is 1. The molecule has 1 heterocycles. The largest absolute Gasteiger partial charge is 0.481 e. The fourth-order valence-corrected chi connectivity index (χ4v) is 2.24. The lowest BCUT2D eigenvalue weighted by Gasteiger charge is -2.48. The SMILES string of the molecule is COC1(OC)CN(CC(CC(C)C)C(=O)O)C1. The average Bonchev–Trinajstić information content (AvgIpc) is 2.20. The van der Waals surface area contributed by atoms with Crippen LogP contribution in [0.4, 0.5) is 0 Å². The van der Waals surface area contributed by atoms with Gasteiger partial charge in [-0.05, 0) is 12.3 Å². The van der Waals surface area contributed by atoms with Crippen LogP contribution in [0.5, 0.6) is 0 Å². The molecule has 0 aliphatic carbocycles. The molecule has 0 aromatic heterocycles. The Hall–Kier alpha value is -0.650.